The van der Waals surface area contributed by atoms with E-state index in [0.717, 1.165) is 0 Å². The molecule has 8 nitrogen and oxygen atoms in total. The number of nitrogens with zero attached hydrogens (tertiary/aromatic N) is 2. The maximum absolute atomic E-state index is 12.6. The molecule has 25 heavy (non-hydrogen) atoms. The highest BCUT2D eigenvalue weighted by Crippen LogP contribution is 2.50. The number of carbonyl (C=O) groups is 2. The summed E-state index contributed by atoms with van der Waals surface area (Å²) < 4.78 is 10.8. The highest BCUT2D eigenvalue weighted by Gasteiger charge is 2.48. The normalized spacial score (nSPS) is 22.6. The van der Waals surface area contributed by atoms with E-state index in [1.165, 1.54) is 24.0 Å². The van der Waals surface area contributed by atoms with Crippen molar-refractivity contribution in [2.24, 2.45) is 0 Å². The molecule has 0 aliphatic carbocycles. The Morgan fingerprint density at radius 1 is 1.20 bits per heavy atom. The van der Waals surface area contributed by atoms with Crippen LogP contribution in [-0.2, 0) is 16.0 Å². The molecule has 2 atom stereocenters. The number of methoxy groups -OCH3 is 2. The number of carbonyl (C=O) groups excluding carboxylic acids is 2. The smallest absolute Gasteiger partial charge is 0.245 e. The van der Waals surface area contributed by atoms with Crippen LogP contribution in [0.25, 0.3) is 0 Å². The first-order chi connectivity index (χ1) is 11.9. The Labute approximate surface area is 145 Å². The summed E-state index contributed by atoms with van der Waals surface area (Å²) >= 11 is 0. The molecule has 2 amide bonds. The molecule has 3 rings (SSSR count). The van der Waals surface area contributed by atoms with Gasteiger partial charge in [0.1, 0.15) is 11.8 Å². The van der Waals surface area contributed by atoms with Crippen molar-refractivity contribution in [3.63, 3.8) is 0 Å². The molecule has 0 aromatic heterocycles. The number of hydrogen-bond acceptors (Lipinski definition) is 6. The number of benzene rings is 1. The van der Waals surface area contributed by atoms with E-state index >= 15 is 0 Å². The summed E-state index contributed by atoms with van der Waals surface area (Å²) in [5.41, 5.74) is 1.49. The Kier molecular flexibility index (Phi) is 4.24. The molecule has 0 saturated carbocycles. The van der Waals surface area contributed by atoms with Crippen molar-refractivity contribution in [2.75, 3.05) is 34.4 Å². The van der Waals surface area contributed by atoms with Crippen LogP contribution in [0.3, 0.4) is 0 Å². The van der Waals surface area contributed by atoms with E-state index in [-0.39, 0.29) is 30.5 Å². The summed E-state index contributed by atoms with van der Waals surface area (Å²) in [4.78, 5) is 27.9. The minimum absolute atomic E-state index is 0.000717. The van der Waals surface area contributed by atoms with E-state index in [0.29, 0.717) is 28.2 Å². The zero-order valence-electron chi connectivity index (χ0n) is 14.7. The Bertz CT molecular complexity index is 747. The second-order valence-corrected chi connectivity index (χ2v) is 6.35. The summed E-state index contributed by atoms with van der Waals surface area (Å²) in [6.45, 7) is 1.25. The van der Waals surface area contributed by atoms with Gasteiger partial charge in [-0.25, -0.2) is 0 Å². The van der Waals surface area contributed by atoms with Crippen LogP contribution in [0.2, 0.25) is 0 Å². The van der Waals surface area contributed by atoms with E-state index in [1.54, 1.807) is 14.0 Å². The van der Waals surface area contributed by atoms with Crippen LogP contribution in [0.15, 0.2) is 0 Å². The number of aliphatic hydroxyl groups excluding tert-OH is 1. The lowest BCUT2D eigenvalue weighted by Gasteiger charge is -2.47. The Hall–Kier alpha value is -2.48. The third kappa shape index (κ3) is 2.31. The molecule has 8 heteroatoms. The number of hydrogen-bond donors (Lipinski definition) is 2. The lowest BCUT2D eigenvalue weighted by Crippen LogP contribution is -2.62. The average Bonchev–Trinajstić information content (AvgIpc) is 2.60. The molecule has 2 aliphatic rings. The molecule has 1 aromatic carbocycles. The van der Waals surface area contributed by atoms with Gasteiger partial charge in [-0.3, -0.25) is 9.59 Å². The van der Waals surface area contributed by atoms with Crippen LogP contribution in [-0.4, -0.2) is 72.3 Å². The lowest BCUT2D eigenvalue weighted by molar-refractivity contribution is -0.159. The van der Waals surface area contributed by atoms with Crippen molar-refractivity contribution in [3.8, 4) is 17.2 Å². The van der Waals surface area contributed by atoms with Crippen molar-refractivity contribution >= 4 is 11.8 Å². The fourth-order valence-electron chi connectivity index (χ4n) is 3.90. The minimum atomic E-state index is -0.783. The maximum atomic E-state index is 12.6. The van der Waals surface area contributed by atoms with E-state index in [9.17, 15) is 19.8 Å². The van der Waals surface area contributed by atoms with E-state index in [4.69, 9.17) is 9.47 Å². The quantitative estimate of drug-likeness (QED) is 0.795. The van der Waals surface area contributed by atoms with E-state index in [2.05, 4.69) is 0 Å². The summed E-state index contributed by atoms with van der Waals surface area (Å²) in [5.74, 6) is 0.251. The summed E-state index contributed by atoms with van der Waals surface area (Å²) in [5, 5.41) is 20.6. The average molecular weight is 350 g/mol. The van der Waals surface area contributed by atoms with Gasteiger partial charge in [0.25, 0.3) is 0 Å². The monoisotopic (exact) mass is 350 g/mol. The third-order valence-corrected chi connectivity index (χ3v) is 5.06. The fourth-order valence-corrected chi connectivity index (χ4v) is 3.90. The number of fused-ring (bicyclic) bond motifs is 2. The Morgan fingerprint density at radius 2 is 1.84 bits per heavy atom. The van der Waals surface area contributed by atoms with Crippen LogP contribution >= 0.6 is 0 Å². The first-order valence-electron chi connectivity index (χ1n) is 8.00. The van der Waals surface area contributed by atoms with Crippen LogP contribution in [0.5, 0.6) is 17.2 Å². The standard InChI is InChI=1S/C17H22N2O6/c1-8-14(22)9-5-10-17(23)18(2)6-12(21)19(10)11(7-20)13(9)16(25-4)15(8)24-3/h10-11,20,22H,5-7H2,1-4H3/t10-,11+/m0/s1. The van der Waals surface area contributed by atoms with Crippen molar-refractivity contribution in [1.29, 1.82) is 0 Å². The van der Waals surface area contributed by atoms with Gasteiger partial charge in [-0.05, 0) is 6.92 Å². The van der Waals surface area contributed by atoms with Crippen molar-refractivity contribution in [3.05, 3.63) is 16.7 Å². The molecular formula is C17H22N2O6. The predicted octanol–water partition coefficient (Wildman–Crippen LogP) is -0.0235. The number of rotatable bonds is 3. The molecule has 0 unspecified atom stereocenters. The molecule has 136 valence electrons. The third-order valence-electron chi connectivity index (χ3n) is 5.06. The van der Waals surface area contributed by atoms with Gasteiger partial charge < -0.3 is 29.5 Å². The molecule has 2 N–H and O–H groups in total. The molecule has 1 aromatic rings. The maximum Gasteiger partial charge on any atom is 0.245 e. The summed E-state index contributed by atoms with van der Waals surface area (Å²) in [6, 6.07) is -1.53. The lowest BCUT2D eigenvalue weighted by atomic mass is 9.83. The van der Waals surface area contributed by atoms with Crippen molar-refractivity contribution in [2.45, 2.75) is 25.4 Å². The van der Waals surface area contributed by atoms with Gasteiger partial charge in [0.2, 0.25) is 11.8 Å². The molecule has 2 heterocycles. The number of piperazine rings is 1. The Morgan fingerprint density at radius 3 is 2.40 bits per heavy atom. The van der Waals surface area contributed by atoms with E-state index < -0.39 is 18.7 Å². The Balaban J connectivity index is 2.28. The largest absolute Gasteiger partial charge is 0.507 e. The van der Waals surface area contributed by atoms with Gasteiger partial charge in [-0.15, -0.1) is 0 Å². The number of ether oxygens (including phenoxy) is 2. The minimum Gasteiger partial charge on any atom is -0.507 e. The molecule has 2 aliphatic heterocycles. The van der Waals surface area contributed by atoms with Gasteiger partial charge in [-0.1, -0.05) is 0 Å². The molecule has 1 saturated heterocycles. The zero-order chi connectivity index (χ0) is 18.5. The van der Waals surface area contributed by atoms with Gasteiger partial charge in [0.05, 0.1) is 33.4 Å². The van der Waals surface area contributed by atoms with Crippen LogP contribution in [0.1, 0.15) is 22.7 Å². The second-order valence-electron chi connectivity index (χ2n) is 6.35. The first-order valence-corrected chi connectivity index (χ1v) is 8.00. The van der Waals surface area contributed by atoms with Crippen LogP contribution in [0.4, 0.5) is 0 Å². The number of likely N-dealkylation sites (N-methyl/N-ethyl adjacent to an activating group) is 1. The molecule has 0 spiro atoms. The SMILES string of the molecule is COc1c(C)c(O)c2c(c1OC)[C@@H](CO)N1C(=O)CN(C)C(=O)[C@@H]1C2. The van der Waals surface area contributed by atoms with Gasteiger partial charge in [0.15, 0.2) is 11.5 Å². The van der Waals surface area contributed by atoms with Gasteiger partial charge in [-0.2, -0.15) is 0 Å². The van der Waals surface area contributed by atoms with Crippen LogP contribution in [0, 0.1) is 6.92 Å². The zero-order valence-corrected chi connectivity index (χ0v) is 14.7. The van der Waals surface area contributed by atoms with Crippen molar-refractivity contribution in [1.82, 2.24) is 9.80 Å². The number of amides is 2. The van der Waals surface area contributed by atoms with Crippen molar-refractivity contribution < 1.29 is 29.3 Å². The first kappa shape index (κ1) is 17.3. The second kappa shape index (κ2) is 6.11. The molecule has 1 fully saturated rings. The summed E-state index contributed by atoms with van der Waals surface area (Å²) in [6.07, 6.45) is 0.160. The molecular weight excluding hydrogens is 328 g/mol. The molecule has 0 bridgehead atoms. The highest BCUT2D eigenvalue weighted by atomic mass is 16.5. The number of aromatic hydroxyl groups is 1. The predicted molar refractivity (Wildman–Crippen MR) is 87.7 cm³/mol. The topological polar surface area (TPSA) is 99.5 Å². The van der Waals surface area contributed by atoms with Crippen LogP contribution < -0.4 is 9.47 Å². The highest BCUT2D eigenvalue weighted by molar-refractivity contribution is 5.96. The van der Waals surface area contributed by atoms with Gasteiger partial charge >= 0.3 is 0 Å². The van der Waals surface area contributed by atoms with E-state index in [1.807, 2.05) is 0 Å². The summed E-state index contributed by atoms with van der Waals surface area (Å²) in [7, 11) is 4.49. The number of aliphatic hydroxyl groups is 1. The molecule has 0 radical (unpaired) electrons. The number of phenols is 1. The fraction of sp³-hybridized carbons (Fsp3) is 0.529. The number of phenolic OH excluding ortho intramolecular Hbond substituents is 1. The van der Waals surface area contributed by atoms with Gasteiger partial charge in [0, 0.05) is 30.2 Å².